The van der Waals surface area contributed by atoms with E-state index in [0.717, 1.165) is 10.9 Å². The van der Waals surface area contributed by atoms with Gasteiger partial charge < -0.3 is 10.6 Å². The number of hydrogen-bond acceptors (Lipinski definition) is 3. The minimum atomic E-state index is -0.0399. The quantitative estimate of drug-likeness (QED) is 0.827. The number of nitrogens with zero attached hydrogens (tertiary/aromatic N) is 1. The summed E-state index contributed by atoms with van der Waals surface area (Å²) in [7, 11) is 1.78. The lowest BCUT2D eigenvalue weighted by Crippen LogP contribution is -2.39. The van der Waals surface area contributed by atoms with Gasteiger partial charge in [0.2, 0.25) is 0 Å². The highest BCUT2D eigenvalue weighted by molar-refractivity contribution is 9.10. The molecule has 1 aromatic rings. The second kappa shape index (κ2) is 7.07. The Bertz CT molecular complexity index is 478. The minimum Gasteiger partial charge on any atom is -0.372 e. The first-order valence-electron chi connectivity index (χ1n) is 7.26. The van der Waals surface area contributed by atoms with E-state index in [1.165, 1.54) is 25.7 Å². The van der Waals surface area contributed by atoms with Crippen LogP contribution in [0, 0.1) is 5.92 Å². The summed E-state index contributed by atoms with van der Waals surface area (Å²) in [6.45, 7) is 2.23. The van der Waals surface area contributed by atoms with Crippen LogP contribution in [0.4, 0.5) is 5.82 Å². The zero-order valence-electron chi connectivity index (χ0n) is 12.1. The van der Waals surface area contributed by atoms with E-state index in [1.54, 1.807) is 13.2 Å². The number of nitrogens with one attached hydrogen (secondary N) is 2. The molecule has 2 rings (SSSR count). The minimum absolute atomic E-state index is 0.0399. The molecule has 1 saturated carbocycles. The van der Waals surface area contributed by atoms with Crippen molar-refractivity contribution in [1.82, 2.24) is 10.3 Å². The lowest BCUT2D eigenvalue weighted by molar-refractivity contribution is 0.0922. The van der Waals surface area contributed by atoms with Gasteiger partial charge in [-0.3, -0.25) is 4.79 Å². The number of pyridine rings is 1. The van der Waals surface area contributed by atoms with Gasteiger partial charge in [0.05, 0.1) is 5.56 Å². The maximum absolute atomic E-state index is 12.5. The highest BCUT2D eigenvalue weighted by atomic mass is 79.9. The van der Waals surface area contributed by atoms with E-state index < -0.39 is 0 Å². The number of rotatable bonds is 3. The van der Waals surface area contributed by atoms with E-state index in [9.17, 15) is 4.79 Å². The average Bonchev–Trinajstić information content (AvgIpc) is 2.64. The number of carbonyl (C=O) groups excluding carboxylic acids is 1. The van der Waals surface area contributed by atoms with Crippen molar-refractivity contribution in [2.24, 2.45) is 5.92 Å². The fourth-order valence-electron chi connectivity index (χ4n) is 2.77. The SMILES string of the molecule is CNc1ncc(Br)cc1C(=O)NC1CCCCCC1C. The Morgan fingerprint density at radius 2 is 2.10 bits per heavy atom. The van der Waals surface area contributed by atoms with E-state index in [2.05, 4.69) is 38.5 Å². The van der Waals surface area contributed by atoms with Crippen molar-refractivity contribution in [3.63, 3.8) is 0 Å². The first-order chi connectivity index (χ1) is 9.61. The first kappa shape index (κ1) is 15.3. The van der Waals surface area contributed by atoms with Gasteiger partial charge in [0.25, 0.3) is 5.91 Å². The van der Waals surface area contributed by atoms with Crippen molar-refractivity contribution in [2.45, 2.75) is 45.1 Å². The van der Waals surface area contributed by atoms with Gasteiger partial charge in [0.1, 0.15) is 5.82 Å². The van der Waals surface area contributed by atoms with E-state index in [0.29, 0.717) is 17.3 Å². The van der Waals surface area contributed by atoms with Crippen LogP contribution in [0.15, 0.2) is 16.7 Å². The van der Waals surface area contributed by atoms with Gasteiger partial charge in [-0.1, -0.05) is 26.2 Å². The highest BCUT2D eigenvalue weighted by Gasteiger charge is 2.23. The topological polar surface area (TPSA) is 54.0 Å². The molecule has 0 bridgehead atoms. The van der Waals surface area contributed by atoms with E-state index in [-0.39, 0.29) is 11.9 Å². The molecule has 0 radical (unpaired) electrons. The summed E-state index contributed by atoms with van der Waals surface area (Å²) in [5.74, 6) is 1.12. The summed E-state index contributed by atoms with van der Waals surface area (Å²) in [6, 6.07) is 2.09. The van der Waals surface area contributed by atoms with Gasteiger partial charge >= 0.3 is 0 Å². The molecule has 20 heavy (non-hydrogen) atoms. The molecule has 1 heterocycles. The van der Waals surface area contributed by atoms with Crippen LogP contribution in [0.3, 0.4) is 0 Å². The van der Waals surface area contributed by atoms with Gasteiger partial charge in [-0.05, 0) is 40.8 Å². The van der Waals surface area contributed by atoms with Crippen molar-refractivity contribution >= 4 is 27.7 Å². The molecular formula is C15H22BrN3O. The summed E-state index contributed by atoms with van der Waals surface area (Å²) >= 11 is 3.37. The largest absolute Gasteiger partial charge is 0.372 e. The molecule has 2 N–H and O–H groups in total. The smallest absolute Gasteiger partial charge is 0.255 e. The van der Waals surface area contributed by atoms with E-state index >= 15 is 0 Å². The second-order valence-electron chi connectivity index (χ2n) is 5.49. The number of halogens is 1. The molecule has 1 amide bonds. The number of carbonyl (C=O) groups is 1. The van der Waals surface area contributed by atoms with Crippen molar-refractivity contribution in [3.8, 4) is 0 Å². The van der Waals surface area contributed by atoms with Crippen LogP contribution < -0.4 is 10.6 Å². The summed E-state index contributed by atoms with van der Waals surface area (Å²) in [5, 5.41) is 6.16. The Morgan fingerprint density at radius 3 is 2.85 bits per heavy atom. The van der Waals surface area contributed by atoms with E-state index in [1.807, 2.05) is 6.07 Å². The molecule has 1 fully saturated rings. The van der Waals surface area contributed by atoms with Crippen LogP contribution in [-0.4, -0.2) is 24.0 Å². The lowest BCUT2D eigenvalue weighted by Gasteiger charge is -2.23. The molecule has 110 valence electrons. The van der Waals surface area contributed by atoms with Gasteiger partial charge in [-0.25, -0.2) is 4.98 Å². The molecule has 2 atom stereocenters. The standard InChI is InChI=1S/C15H22BrN3O/c1-10-6-4-3-5-7-13(10)19-15(20)12-8-11(16)9-18-14(12)17-2/h8-10,13H,3-7H2,1-2H3,(H,17,18)(H,19,20). The molecular weight excluding hydrogens is 318 g/mol. The van der Waals surface area contributed by atoms with Crippen LogP contribution >= 0.6 is 15.9 Å². The van der Waals surface area contributed by atoms with Crippen LogP contribution in [0.1, 0.15) is 49.4 Å². The predicted molar refractivity (Wildman–Crippen MR) is 85.0 cm³/mol. The van der Waals surface area contributed by atoms with Crippen molar-refractivity contribution in [1.29, 1.82) is 0 Å². The zero-order chi connectivity index (χ0) is 14.5. The Labute approximate surface area is 128 Å². The molecule has 4 nitrogen and oxygen atoms in total. The molecule has 0 aromatic carbocycles. The normalized spacial score (nSPS) is 22.9. The Morgan fingerprint density at radius 1 is 1.35 bits per heavy atom. The molecule has 1 aliphatic carbocycles. The number of anilines is 1. The van der Waals surface area contributed by atoms with Crippen molar-refractivity contribution in [3.05, 3.63) is 22.3 Å². The molecule has 0 aliphatic heterocycles. The van der Waals surface area contributed by atoms with Gasteiger partial charge in [-0.2, -0.15) is 0 Å². The Balaban J connectivity index is 2.12. The lowest BCUT2D eigenvalue weighted by atomic mass is 9.96. The summed E-state index contributed by atoms with van der Waals surface area (Å²) in [6.07, 6.45) is 7.70. The van der Waals surface area contributed by atoms with E-state index in [4.69, 9.17) is 0 Å². The Hall–Kier alpha value is -1.10. The fraction of sp³-hybridized carbons (Fsp3) is 0.600. The zero-order valence-corrected chi connectivity index (χ0v) is 13.7. The third-order valence-corrected chi connectivity index (χ3v) is 4.45. The number of amides is 1. The maximum atomic E-state index is 12.5. The van der Waals surface area contributed by atoms with Crippen LogP contribution in [0.5, 0.6) is 0 Å². The van der Waals surface area contributed by atoms with Gasteiger partial charge in [0.15, 0.2) is 0 Å². The third kappa shape index (κ3) is 3.72. The van der Waals surface area contributed by atoms with Crippen molar-refractivity contribution in [2.75, 3.05) is 12.4 Å². The Kier molecular flexibility index (Phi) is 5.40. The average molecular weight is 340 g/mol. The fourth-order valence-corrected chi connectivity index (χ4v) is 3.10. The monoisotopic (exact) mass is 339 g/mol. The van der Waals surface area contributed by atoms with Gasteiger partial charge in [0, 0.05) is 23.8 Å². The molecule has 1 aromatic heterocycles. The summed E-state index contributed by atoms with van der Waals surface area (Å²) < 4.78 is 0.815. The number of aromatic nitrogens is 1. The van der Waals surface area contributed by atoms with Crippen LogP contribution in [0.25, 0.3) is 0 Å². The maximum Gasteiger partial charge on any atom is 0.255 e. The molecule has 0 spiro atoms. The molecule has 5 heteroatoms. The molecule has 2 unspecified atom stereocenters. The van der Waals surface area contributed by atoms with Gasteiger partial charge in [-0.15, -0.1) is 0 Å². The van der Waals surface area contributed by atoms with Crippen LogP contribution in [0.2, 0.25) is 0 Å². The third-order valence-electron chi connectivity index (χ3n) is 4.01. The predicted octanol–water partition coefficient (Wildman–Crippen LogP) is 3.58. The summed E-state index contributed by atoms with van der Waals surface area (Å²) in [4.78, 5) is 16.7. The molecule has 0 saturated heterocycles. The number of hydrogen-bond donors (Lipinski definition) is 2. The highest BCUT2D eigenvalue weighted by Crippen LogP contribution is 2.24. The van der Waals surface area contributed by atoms with Crippen molar-refractivity contribution < 1.29 is 4.79 Å². The first-order valence-corrected chi connectivity index (χ1v) is 8.05. The second-order valence-corrected chi connectivity index (χ2v) is 6.41. The molecule has 1 aliphatic rings. The van der Waals surface area contributed by atoms with Crippen LogP contribution in [-0.2, 0) is 0 Å². The summed E-state index contributed by atoms with van der Waals surface area (Å²) in [5.41, 5.74) is 0.596.